The molecule has 4 rings (SSSR count). The van der Waals surface area contributed by atoms with Gasteiger partial charge in [0, 0.05) is 45.3 Å². The molecular formula is C24H31N3O4S. The lowest BCUT2D eigenvalue weighted by Gasteiger charge is -2.27. The monoisotopic (exact) mass is 457 g/mol. The summed E-state index contributed by atoms with van der Waals surface area (Å²) in [4.78, 5) is 14.9. The summed E-state index contributed by atoms with van der Waals surface area (Å²) >= 11 is 0. The minimum Gasteiger partial charge on any atom is -0.379 e. The van der Waals surface area contributed by atoms with Gasteiger partial charge < -0.3 is 15.0 Å². The molecule has 1 N–H and O–H groups in total. The van der Waals surface area contributed by atoms with Crippen LogP contribution in [0.5, 0.6) is 0 Å². The second-order valence-corrected chi connectivity index (χ2v) is 10.4. The first kappa shape index (κ1) is 22.8. The number of amides is 1. The Balaban J connectivity index is 1.27. The van der Waals surface area contributed by atoms with Gasteiger partial charge in [0.2, 0.25) is 15.9 Å². The van der Waals surface area contributed by atoms with E-state index in [0.29, 0.717) is 45.7 Å². The van der Waals surface area contributed by atoms with Crippen molar-refractivity contribution in [1.82, 2.24) is 9.62 Å². The minimum absolute atomic E-state index is 0.00939. The van der Waals surface area contributed by atoms with Gasteiger partial charge in [-0.1, -0.05) is 24.3 Å². The van der Waals surface area contributed by atoms with Crippen molar-refractivity contribution < 1.29 is 17.9 Å². The number of anilines is 1. The number of nitrogens with zero attached hydrogens (tertiary/aromatic N) is 2. The van der Waals surface area contributed by atoms with Gasteiger partial charge in [0.25, 0.3) is 0 Å². The van der Waals surface area contributed by atoms with Crippen molar-refractivity contribution in [1.29, 1.82) is 0 Å². The van der Waals surface area contributed by atoms with Crippen LogP contribution in [0.25, 0.3) is 0 Å². The zero-order valence-corrected chi connectivity index (χ0v) is 19.4. The summed E-state index contributed by atoms with van der Waals surface area (Å²) in [5, 5.41) is 3.00. The molecule has 1 saturated heterocycles. The number of hydrogen-bond acceptors (Lipinski definition) is 5. The molecule has 172 valence electrons. The molecule has 0 bridgehead atoms. The molecule has 0 radical (unpaired) electrons. The molecule has 32 heavy (non-hydrogen) atoms. The smallest absolute Gasteiger partial charge is 0.243 e. The quantitative estimate of drug-likeness (QED) is 0.691. The van der Waals surface area contributed by atoms with E-state index in [4.69, 9.17) is 4.74 Å². The van der Waals surface area contributed by atoms with Crippen molar-refractivity contribution in [3.63, 3.8) is 0 Å². The summed E-state index contributed by atoms with van der Waals surface area (Å²) in [5.41, 5.74) is 4.69. The van der Waals surface area contributed by atoms with Gasteiger partial charge in [-0.3, -0.25) is 4.79 Å². The summed E-state index contributed by atoms with van der Waals surface area (Å²) in [6, 6.07) is 13.3. The maximum atomic E-state index is 12.7. The second-order valence-electron chi connectivity index (χ2n) is 8.43. The van der Waals surface area contributed by atoms with Gasteiger partial charge in [0.1, 0.15) is 0 Å². The SMILES string of the molecule is CN1CCCc2cc(CNC(=O)CCc3ccc(S(=O)(=O)N4CCOCC4)cc3)ccc21. The van der Waals surface area contributed by atoms with Crippen molar-refractivity contribution in [2.45, 2.75) is 37.1 Å². The minimum atomic E-state index is -3.49. The number of carbonyl (C=O) groups excluding carboxylic acids is 1. The van der Waals surface area contributed by atoms with E-state index in [1.807, 2.05) is 0 Å². The first-order chi connectivity index (χ1) is 15.4. The summed E-state index contributed by atoms with van der Waals surface area (Å²) in [7, 11) is -1.37. The van der Waals surface area contributed by atoms with E-state index in [-0.39, 0.29) is 10.8 Å². The van der Waals surface area contributed by atoms with Crippen LogP contribution in [-0.4, -0.2) is 58.5 Å². The highest BCUT2D eigenvalue weighted by Gasteiger charge is 2.26. The Bertz CT molecular complexity index is 1050. The lowest BCUT2D eigenvalue weighted by molar-refractivity contribution is -0.121. The zero-order chi connectivity index (χ0) is 22.6. The van der Waals surface area contributed by atoms with E-state index >= 15 is 0 Å². The predicted octanol–water partition coefficient (Wildman–Crippen LogP) is 2.34. The van der Waals surface area contributed by atoms with Crippen LogP contribution >= 0.6 is 0 Å². The van der Waals surface area contributed by atoms with Crippen molar-refractivity contribution in [3.05, 3.63) is 59.2 Å². The van der Waals surface area contributed by atoms with E-state index in [1.165, 1.54) is 15.6 Å². The maximum absolute atomic E-state index is 12.7. The molecule has 2 aromatic carbocycles. The van der Waals surface area contributed by atoms with Crippen LogP contribution in [0.15, 0.2) is 47.4 Å². The number of ether oxygens (including phenoxy) is 1. The molecule has 0 spiro atoms. The average molecular weight is 458 g/mol. The molecule has 2 heterocycles. The van der Waals surface area contributed by atoms with Gasteiger partial charge in [-0.2, -0.15) is 4.31 Å². The highest BCUT2D eigenvalue weighted by Crippen LogP contribution is 2.26. The molecule has 2 aromatic rings. The van der Waals surface area contributed by atoms with Crippen molar-refractivity contribution >= 4 is 21.6 Å². The molecule has 0 unspecified atom stereocenters. The third-order valence-corrected chi connectivity index (χ3v) is 8.07. The average Bonchev–Trinajstić information content (AvgIpc) is 2.82. The molecule has 0 aromatic heterocycles. The van der Waals surface area contributed by atoms with Gasteiger partial charge in [-0.05, 0) is 54.2 Å². The summed E-state index contributed by atoms with van der Waals surface area (Å²) < 4.78 is 32.1. The van der Waals surface area contributed by atoms with Crippen LogP contribution in [0.2, 0.25) is 0 Å². The van der Waals surface area contributed by atoms with Crippen molar-refractivity contribution in [3.8, 4) is 0 Å². The van der Waals surface area contributed by atoms with E-state index in [0.717, 1.165) is 30.5 Å². The molecule has 7 nitrogen and oxygen atoms in total. The van der Waals surface area contributed by atoms with E-state index < -0.39 is 10.0 Å². The Morgan fingerprint density at radius 1 is 1.03 bits per heavy atom. The Morgan fingerprint density at radius 3 is 2.50 bits per heavy atom. The fourth-order valence-electron chi connectivity index (χ4n) is 4.26. The van der Waals surface area contributed by atoms with Crippen LogP contribution in [0.4, 0.5) is 5.69 Å². The van der Waals surface area contributed by atoms with Crippen LogP contribution in [0, 0.1) is 0 Å². The van der Waals surface area contributed by atoms with Crippen molar-refractivity contribution in [2.24, 2.45) is 0 Å². The molecule has 1 fully saturated rings. The van der Waals surface area contributed by atoms with Gasteiger partial charge >= 0.3 is 0 Å². The van der Waals surface area contributed by atoms with E-state index in [1.54, 1.807) is 24.3 Å². The standard InChI is InChI=1S/C24H31N3O4S/c1-26-12-2-3-21-17-20(6-10-23(21)26)18-25-24(28)11-7-19-4-8-22(9-5-19)32(29,30)27-13-15-31-16-14-27/h4-6,8-10,17H,2-3,7,11-16,18H2,1H3,(H,25,28). The Morgan fingerprint density at radius 2 is 1.75 bits per heavy atom. The number of benzene rings is 2. The third-order valence-electron chi connectivity index (χ3n) is 6.16. The fraction of sp³-hybridized carbons (Fsp3) is 0.458. The number of sulfonamides is 1. The van der Waals surface area contributed by atoms with Crippen molar-refractivity contribution in [2.75, 3.05) is 44.8 Å². The third kappa shape index (κ3) is 5.31. The molecule has 2 aliphatic rings. The molecule has 8 heteroatoms. The number of hydrogen-bond donors (Lipinski definition) is 1. The number of morpholine rings is 1. The number of aryl methyl sites for hydroxylation is 2. The van der Waals surface area contributed by atoms with E-state index in [9.17, 15) is 13.2 Å². The number of rotatable bonds is 7. The Hall–Kier alpha value is -2.42. The van der Waals surface area contributed by atoms with Crippen LogP contribution in [0.3, 0.4) is 0 Å². The number of nitrogens with one attached hydrogen (secondary N) is 1. The van der Waals surface area contributed by atoms with Gasteiger partial charge in [-0.15, -0.1) is 0 Å². The number of fused-ring (bicyclic) bond motifs is 1. The summed E-state index contributed by atoms with van der Waals surface area (Å²) in [6.45, 7) is 3.22. The fourth-order valence-corrected chi connectivity index (χ4v) is 5.67. The van der Waals surface area contributed by atoms with Crippen LogP contribution in [-0.2, 0) is 38.9 Å². The van der Waals surface area contributed by atoms with Gasteiger partial charge in [0.05, 0.1) is 18.1 Å². The van der Waals surface area contributed by atoms with Gasteiger partial charge in [0.15, 0.2) is 0 Å². The summed E-state index contributed by atoms with van der Waals surface area (Å²) in [5.74, 6) is -0.00939. The Labute approximate surface area is 190 Å². The Kier molecular flexibility index (Phi) is 7.13. The lowest BCUT2D eigenvalue weighted by atomic mass is 9.99. The lowest BCUT2D eigenvalue weighted by Crippen LogP contribution is -2.40. The largest absolute Gasteiger partial charge is 0.379 e. The second kappa shape index (κ2) is 10.0. The predicted molar refractivity (Wildman–Crippen MR) is 124 cm³/mol. The molecule has 0 saturated carbocycles. The van der Waals surface area contributed by atoms with Crippen LogP contribution < -0.4 is 10.2 Å². The highest BCUT2D eigenvalue weighted by molar-refractivity contribution is 7.89. The van der Waals surface area contributed by atoms with Gasteiger partial charge in [-0.25, -0.2) is 8.42 Å². The molecule has 2 aliphatic heterocycles. The highest BCUT2D eigenvalue weighted by atomic mass is 32.2. The molecule has 1 amide bonds. The normalized spacial score (nSPS) is 17.1. The molecule has 0 atom stereocenters. The summed E-state index contributed by atoms with van der Waals surface area (Å²) in [6.07, 6.45) is 3.17. The molecular weight excluding hydrogens is 426 g/mol. The number of carbonyl (C=O) groups is 1. The first-order valence-electron chi connectivity index (χ1n) is 11.2. The molecule has 0 aliphatic carbocycles. The van der Waals surface area contributed by atoms with Crippen LogP contribution in [0.1, 0.15) is 29.5 Å². The maximum Gasteiger partial charge on any atom is 0.243 e. The zero-order valence-electron chi connectivity index (χ0n) is 18.5. The topological polar surface area (TPSA) is 79.0 Å². The first-order valence-corrected chi connectivity index (χ1v) is 12.6. The van der Waals surface area contributed by atoms with E-state index in [2.05, 4.69) is 35.5 Å².